The average Bonchev–Trinajstić information content (AvgIpc) is 3.03. The Labute approximate surface area is 134 Å². The quantitative estimate of drug-likeness (QED) is 0.849. The Hall–Kier alpha value is -1.32. The second-order valence-corrected chi connectivity index (χ2v) is 6.20. The Morgan fingerprint density at radius 2 is 1.86 bits per heavy atom. The average molecular weight is 322 g/mol. The molecule has 1 aromatic carbocycles. The highest BCUT2D eigenvalue weighted by Crippen LogP contribution is 2.36. The van der Waals surface area contributed by atoms with Crippen molar-refractivity contribution in [3.8, 4) is 11.4 Å². The van der Waals surface area contributed by atoms with Crippen LogP contribution in [0.3, 0.4) is 0 Å². The van der Waals surface area contributed by atoms with Gasteiger partial charge < -0.3 is 5.32 Å². The summed E-state index contributed by atoms with van der Waals surface area (Å²) >= 11 is 12.4. The summed E-state index contributed by atoms with van der Waals surface area (Å²) < 4.78 is 0. The fourth-order valence-corrected chi connectivity index (χ4v) is 3.19. The molecular weight excluding hydrogens is 305 g/mol. The normalized spacial score (nSPS) is 15.4. The van der Waals surface area contributed by atoms with Crippen LogP contribution in [0.15, 0.2) is 24.3 Å². The zero-order valence-corrected chi connectivity index (χ0v) is 13.4. The number of aromatic nitrogens is 2. The van der Waals surface area contributed by atoms with Gasteiger partial charge in [-0.05, 0) is 31.0 Å². The van der Waals surface area contributed by atoms with Crippen molar-refractivity contribution < 1.29 is 0 Å². The number of nitrogens with one attached hydrogen (secondary N) is 1. The van der Waals surface area contributed by atoms with Gasteiger partial charge in [0.15, 0.2) is 5.82 Å². The van der Waals surface area contributed by atoms with E-state index in [2.05, 4.69) is 10.3 Å². The van der Waals surface area contributed by atoms with Gasteiger partial charge in [0.1, 0.15) is 5.82 Å². The van der Waals surface area contributed by atoms with E-state index in [4.69, 9.17) is 28.2 Å². The van der Waals surface area contributed by atoms with Gasteiger partial charge in [-0.1, -0.05) is 36.0 Å². The lowest BCUT2D eigenvalue weighted by atomic mass is 10.0. The first kappa shape index (κ1) is 14.6. The van der Waals surface area contributed by atoms with Crippen LogP contribution < -0.4 is 5.32 Å². The molecule has 0 unspecified atom stereocenters. The molecule has 3 nitrogen and oxygen atoms in total. The van der Waals surface area contributed by atoms with Crippen LogP contribution in [0.1, 0.15) is 37.3 Å². The molecule has 0 spiro atoms. The maximum atomic E-state index is 6.28. The van der Waals surface area contributed by atoms with Gasteiger partial charge in [-0.2, -0.15) is 0 Å². The van der Waals surface area contributed by atoms with Gasteiger partial charge in [-0.15, -0.1) is 0 Å². The number of anilines is 1. The van der Waals surface area contributed by atoms with Crippen molar-refractivity contribution in [2.45, 2.75) is 31.6 Å². The van der Waals surface area contributed by atoms with Crippen LogP contribution in [0.25, 0.3) is 11.4 Å². The van der Waals surface area contributed by atoms with Gasteiger partial charge in [0.05, 0.1) is 5.02 Å². The van der Waals surface area contributed by atoms with Gasteiger partial charge in [0.2, 0.25) is 0 Å². The number of benzene rings is 1. The summed E-state index contributed by atoms with van der Waals surface area (Å²) in [7, 11) is 1.87. The second kappa shape index (κ2) is 6.20. The van der Waals surface area contributed by atoms with E-state index in [1.54, 1.807) is 12.1 Å². The molecule has 1 heterocycles. The molecule has 0 amide bonds. The molecule has 1 N–H and O–H groups in total. The van der Waals surface area contributed by atoms with Crippen molar-refractivity contribution in [2.75, 3.05) is 12.4 Å². The third-order valence-corrected chi connectivity index (χ3v) is 4.51. The molecule has 21 heavy (non-hydrogen) atoms. The van der Waals surface area contributed by atoms with E-state index in [0.717, 1.165) is 17.1 Å². The first-order chi connectivity index (χ1) is 10.2. The first-order valence-corrected chi connectivity index (χ1v) is 7.95. The molecule has 5 heteroatoms. The second-order valence-electron chi connectivity index (χ2n) is 5.36. The largest absolute Gasteiger partial charge is 0.373 e. The minimum atomic E-state index is 0.525. The predicted molar refractivity (Wildman–Crippen MR) is 88.2 cm³/mol. The summed E-state index contributed by atoms with van der Waals surface area (Å²) in [5.74, 6) is 1.98. The number of rotatable bonds is 3. The van der Waals surface area contributed by atoms with Crippen LogP contribution in [0.5, 0.6) is 0 Å². The maximum Gasteiger partial charge on any atom is 0.163 e. The molecule has 110 valence electrons. The summed E-state index contributed by atoms with van der Waals surface area (Å²) in [6.07, 6.45) is 4.94. The van der Waals surface area contributed by atoms with E-state index in [1.807, 2.05) is 19.2 Å². The summed E-state index contributed by atoms with van der Waals surface area (Å²) in [5, 5.41) is 4.36. The minimum absolute atomic E-state index is 0.525. The molecule has 1 aliphatic carbocycles. The van der Waals surface area contributed by atoms with E-state index < -0.39 is 0 Å². The van der Waals surface area contributed by atoms with Crippen molar-refractivity contribution >= 4 is 29.0 Å². The number of hydrogen-bond acceptors (Lipinski definition) is 3. The summed E-state index contributed by atoms with van der Waals surface area (Å²) in [4.78, 5) is 9.27. The SMILES string of the molecule is CNc1cc(C2CCCC2)nc(-c2cc(Cl)ccc2Cl)n1. The zero-order chi connectivity index (χ0) is 14.8. The van der Waals surface area contributed by atoms with Crippen LogP contribution in [-0.2, 0) is 0 Å². The summed E-state index contributed by atoms with van der Waals surface area (Å²) in [6, 6.07) is 7.41. The third-order valence-electron chi connectivity index (χ3n) is 3.94. The smallest absolute Gasteiger partial charge is 0.163 e. The van der Waals surface area contributed by atoms with Gasteiger partial charge in [0.25, 0.3) is 0 Å². The number of halogens is 2. The van der Waals surface area contributed by atoms with E-state index >= 15 is 0 Å². The molecule has 0 bridgehead atoms. The first-order valence-electron chi connectivity index (χ1n) is 7.19. The molecule has 1 aromatic heterocycles. The Morgan fingerprint density at radius 1 is 1.10 bits per heavy atom. The molecule has 1 aliphatic rings. The van der Waals surface area contributed by atoms with Crippen molar-refractivity contribution in [1.29, 1.82) is 0 Å². The molecule has 0 aliphatic heterocycles. The molecular formula is C16H17Cl2N3. The Kier molecular flexibility index (Phi) is 4.32. The van der Waals surface area contributed by atoms with Crippen LogP contribution in [0, 0.1) is 0 Å². The fourth-order valence-electron chi connectivity index (χ4n) is 2.81. The molecule has 3 rings (SSSR count). The lowest BCUT2D eigenvalue weighted by Crippen LogP contribution is -2.04. The molecule has 2 aromatic rings. The zero-order valence-electron chi connectivity index (χ0n) is 11.9. The molecule has 0 saturated heterocycles. The van der Waals surface area contributed by atoms with Crippen LogP contribution in [0.4, 0.5) is 5.82 Å². The Morgan fingerprint density at radius 3 is 2.57 bits per heavy atom. The minimum Gasteiger partial charge on any atom is -0.373 e. The third kappa shape index (κ3) is 3.14. The summed E-state index contributed by atoms with van der Waals surface area (Å²) in [6.45, 7) is 0. The lowest BCUT2D eigenvalue weighted by Gasteiger charge is -2.13. The topological polar surface area (TPSA) is 37.8 Å². The van der Waals surface area contributed by atoms with Crippen molar-refractivity contribution in [3.63, 3.8) is 0 Å². The molecule has 0 atom stereocenters. The number of hydrogen-bond donors (Lipinski definition) is 1. The highest BCUT2D eigenvalue weighted by Gasteiger charge is 2.20. The maximum absolute atomic E-state index is 6.28. The Balaban J connectivity index is 2.08. The van der Waals surface area contributed by atoms with Crippen molar-refractivity contribution in [2.24, 2.45) is 0 Å². The standard InChI is InChI=1S/C16H17Cl2N3/c1-19-15-9-14(10-4-2-3-5-10)20-16(21-15)12-8-11(17)6-7-13(12)18/h6-10H,2-5H2,1H3,(H,19,20,21). The monoisotopic (exact) mass is 321 g/mol. The van der Waals surface area contributed by atoms with E-state index in [0.29, 0.717) is 21.8 Å². The number of nitrogens with zero attached hydrogens (tertiary/aromatic N) is 2. The molecule has 1 saturated carbocycles. The highest BCUT2D eigenvalue weighted by molar-refractivity contribution is 6.35. The van der Waals surface area contributed by atoms with Crippen LogP contribution in [0.2, 0.25) is 10.0 Å². The van der Waals surface area contributed by atoms with Crippen LogP contribution >= 0.6 is 23.2 Å². The fraction of sp³-hybridized carbons (Fsp3) is 0.375. The van der Waals surface area contributed by atoms with Gasteiger partial charge >= 0.3 is 0 Å². The van der Waals surface area contributed by atoms with Crippen molar-refractivity contribution in [1.82, 2.24) is 9.97 Å². The van der Waals surface area contributed by atoms with E-state index in [-0.39, 0.29) is 0 Å². The summed E-state index contributed by atoms with van der Waals surface area (Å²) in [5.41, 5.74) is 1.87. The van der Waals surface area contributed by atoms with Crippen molar-refractivity contribution in [3.05, 3.63) is 40.0 Å². The van der Waals surface area contributed by atoms with Gasteiger partial charge in [-0.3, -0.25) is 0 Å². The van der Waals surface area contributed by atoms with E-state index in [9.17, 15) is 0 Å². The molecule has 0 radical (unpaired) electrons. The Bertz CT molecular complexity index is 652. The predicted octanol–water partition coefficient (Wildman–Crippen LogP) is 5.15. The van der Waals surface area contributed by atoms with E-state index in [1.165, 1.54) is 25.7 Å². The van der Waals surface area contributed by atoms with Gasteiger partial charge in [0, 0.05) is 35.3 Å². The van der Waals surface area contributed by atoms with Crippen LogP contribution in [-0.4, -0.2) is 17.0 Å². The van der Waals surface area contributed by atoms with Gasteiger partial charge in [-0.25, -0.2) is 9.97 Å². The highest BCUT2D eigenvalue weighted by atomic mass is 35.5. The molecule has 1 fully saturated rings. The lowest BCUT2D eigenvalue weighted by molar-refractivity contribution is 0.696.